The highest BCUT2D eigenvalue weighted by Crippen LogP contribution is 2.14. The number of nitrogens with zero attached hydrogens (tertiary/aromatic N) is 3. The molecule has 1 fully saturated rings. The number of hydrogen-bond acceptors (Lipinski definition) is 4. The van der Waals surface area contributed by atoms with Gasteiger partial charge in [-0.3, -0.25) is 4.79 Å². The van der Waals surface area contributed by atoms with Gasteiger partial charge in [-0.05, 0) is 44.2 Å². The lowest BCUT2D eigenvalue weighted by Crippen LogP contribution is -2.48. The van der Waals surface area contributed by atoms with Gasteiger partial charge in [0.2, 0.25) is 0 Å². The largest absolute Gasteiger partial charge is 0.471 e. The normalized spacial score (nSPS) is 20.9. The predicted octanol–water partition coefficient (Wildman–Crippen LogP) is 2.31. The van der Waals surface area contributed by atoms with Crippen LogP contribution >= 0.6 is 0 Å². The lowest BCUT2D eigenvalue weighted by Gasteiger charge is -2.34. The number of benzene rings is 1. The van der Waals surface area contributed by atoms with Crippen molar-refractivity contribution in [1.29, 1.82) is 0 Å². The van der Waals surface area contributed by atoms with Gasteiger partial charge in [-0.1, -0.05) is 0 Å². The summed E-state index contributed by atoms with van der Waals surface area (Å²) >= 11 is 0. The Hall–Kier alpha value is -2.41. The number of amides is 1. The standard InChI is InChI=1S/C17H20FN3O3/c1-12-9-20(10-13(2)24-12)17(22)16-7-8-21(19-16)11-23-15-5-3-14(18)4-6-15/h3-8,12-13H,9-11H2,1-2H3. The van der Waals surface area contributed by atoms with Crippen molar-refractivity contribution in [1.82, 2.24) is 14.7 Å². The van der Waals surface area contributed by atoms with Crippen molar-refractivity contribution >= 4 is 5.91 Å². The summed E-state index contributed by atoms with van der Waals surface area (Å²) in [4.78, 5) is 14.3. The molecule has 2 unspecified atom stereocenters. The molecule has 1 aliphatic heterocycles. The first-order valence-electron chi connectivity index (χ1n) is 7.88. The molecule has 2 aromatic rings. The summed E-state index contributed by atoms with van der Waals surface area (Å²) in [6, 6.07) is 7.41. The molecule has 1 amide bonds. The quantitative estimate of drug-likeness (QED) is 0.861. The van der Waals surface area contributed by atoms with Crippen molar-refractivity contribution in [2.75, 3.05) is 13.1 Å². The van der Waals surface area contributed by atoms with Gasteiger partial charge in [-0.15, -0.1) is 0 Å². The highest BCUT2D eigenvalue weighted by atomic mass is 19.1. The Kier molecular flexibility index (Phi) is 4.80. The van der Waals surface area contributed by atoms with Crippen LogP contribution in [0.4, 0.5) is 4.39 Å². The minimum Gasteiger partial charge on any atom is -0.471 e. The molecule has 3 rings (SSSR count). The average Bonchev–Trinajstić information content (AvgIpc) is 3.01. The lowest BCUT2D eigenvalue weighted by atomic mass is 10.2. The maximum atomic E-state index is 12.8. The highest BCUT2D eigenvalue weighted by Gasteiger charge is 2.27. The second kappa shape index (κ2) is 7.00. The second-order valence-electron chi connectivity index (χ2n) is 5.94. The number of aromatic nitrogens is 2. The zero-order chi connectivity index (χ0) is 17.1. The summed E-state index contributed by atoms with van der Waals surface area (Å²) in [5, 5.41) is 4.25. The summed E-state index contributed by atoms with van der Waals surface area (Å²) in [5.74, 6) is 0.108. The summed E-state index contributed by atoms with van der Waals surface area (Å²) in [6.07, 6.45) is 1.72. The number of hydrogen-bond donors (Lipinski definition) is 0. The summed E-state index contributed by atoms with van der Waals surface area (Å²) in [5.41, 5.74) is 0.374. The Morgan fingerprint density at radius 1 is 1.25 bits per heavy atom. The van der Waals surface area contributed by atoms with Crippen LogP contribution in [0.3, 0.4) is 0 Å². The monoisotopic (exact) mass is 333 g/mol. The van der Waals surface area contributed by atoms with Gasteiger partial charge in [-0.25, -0.2) is 9.07 Å². The van der Waals surface area contributed by atoms with Crippen LogP contribution in [0, 0.1) is 5.82 Å². The van der Waals surface area contributed by atoms with Crippen LogP contribution < -0.4 is 4.74 Å². The fourth-order valence-corrected chi connectivity index (χ4v) is 2.72. The highest BCUT2D eigenvalue weighted by molar-refractivity contribution is 5.92. The molecule has 2 heterocycles. The molecular formula is C17H20FN3O3. The van der Waals surface area contributed by atoms with Crippen molar-refractivity contribution in [2.45, 2.75) is 32.8 Å². The van der Waals surface area contributed by atoms with Crippen LogP contribution in [0.25, 0.3) is 0 Å². The minimum atomic E-state index is -0.316. The first kappa shape index (κ1) is 16.4. The van der Waals surface area contributed by atoms with Crippen molar-refractivity contribution in [2.24, 2.45) is 0 Å². The van der Waals surface area contributed by atoms with E-state index in [0.29, 0.717) is 24.5 Å². The van der Waals surface area contributed by atoms with Crippen LogP contribution in [-0.2, 0) is 11.5 Å². The third-order valence-electron chi connectivity index (χ3n) is 3.74. The SMILES string of the molecule is CC1CN(C(=O)c2ccn(COc3ccc(F)cc3)n2)CC(C)O1. The Balaban J connectivity index is 1.60. The van der Waals surface area contributed by atoms with Gasteiger partial charge >= 0.3 is 0 Å². The van der Waals surface area contributed by atoms with Crippen molar-refractivity contribution < 1.29 is 18.7 Å². The Morgan fingerprint density at radius 2 is 1.92 bits per heavy atom. The molecule has 1 saturated heterocycles. The molecule has 7 heteroatoms. The molecule has 128 valence electrons. The zero-order valence-corrected chi connectivity index (χ0v) is 13.7. The van der Waals surface area contributed by atoms with Gasteiger partial charge in [0, 0.05) is 19.3 Å². The number of halogens is 1. The molecule has 2 atom stereocenters. The second-order valence-corrected chi connectivity index (χ2v) is 5.94. The maximum Gasteiger partial charge on any atom is 0.274 e. The smallest absolute Gasteiger partial charge is 0.274 e. The number of rotatable bonds is 4. The maximum absolute atomic E-state index is 12.8. The van der Waals surface area contributed by atoms with E-state index in [1.165, 1.54) is 16.8 Å². The molecule has 0 radical (unpaired) electrons. The van der Waals surface area contributed by atoms with Crippen LogP contribution in [0.5, 0.6) is 5.75 Å². The first-order chi connectivity index (χ1) is 11.5. The number of ether oxygens (including phenoxy) is 2. The molecule has 6 nitrogen and oxygen atoms in total. The third kappa shape index (κ3) is 3.91. The number of carbonyl (C=O) groups is 1. The Labute approximate surface area is 139 Å². The lowest BCUT2D eigenvalue weighted by molar-refractivity contribution is -0.0587. The van der Waals surface area contributed by atoms with Gasteiger partial charge in [-0.2, -0.15) is 5.10 Å². The molecule has 1 aromatic carbocycles. The van der Waals surface area contributed by atoms with E-state index in [-0.39, 0.29) is 30.7 Å². The van der Waals surface area contributed by atoms with Crippen LogP contribution in [0.1, 0.15) is 24.3 Å². The zero-order valence-electron chi connectivity index (χ0n) is 13.7. The molecule has 1 aromatic heterocycles. The van der Waals surface area contributed by atoms with Gasteiger partial charge < -0.3 is 14.4 Å². The van der Waals surface area contributed by atoms with E-state index < -0.39 is 0 Å². The Bertz CT molecular complexity index is 691. The van der Waals surface area contributed by atoms with E-state index in [1.807, 2.05) is 13.8 Å². The number of carbonyl (C=O) groups excluding carboxylic acids is 1. The number of morpholine rings is 1. The molecule has 0 aliphatic carbocycles. The van der Waals surface area contributed by atoms with E-state index in [0.717, 1.165) is 0 Å². The van der Waals surface area contributed by atoms with Crippen molar-refractivity contribution in [3.05, 3.63) is 48.0 Å². The molecule has 0 bridgehead atoms. The van der Waals surface area contributed by atoms with E-state index in [2.05, 4.69) is 5.10 Å². The van der Waals surface area contributed by atoms with Crippen molar-refractivity contribution in [3.8, 4) is 5.75 Å². The van der Waals surface area contributed by atoms with E-state index in [4.69, 9.17) is 9.47 Å². The average molecular weight is 333 g/mol. The van der Waals surface area contributed by atoms with E-state index in [1.54, 1.807) is 29.3 Å². The van der Waals surface area contributed by atoms with Crippen LogP contribution in [0.2, 0.25) is 0 Å². The molecule has 0 N–H and O–H groups in total. The molecular weight excluding hydrogens is 313 g/mol. The van der Waals surface area contributed by atoms with Crippen LogP contribution in [0.15, 0.2) is 36.5 Å². The summed E-state index contributed by atoms with van der Waals surface area (Å²) < 4.78 is 25.5. The molecule has 0 saturated carbocycles. The fourth-order valence-electron chi connectivity index (χ4n) is 2.72. The van der Waals surface area contributed by atoms with Gasteiger partial charge in [0.05, 0.1) is 12.2 Å². The van der Waals surface area contributed by atoms with Gasteiger partial charge in [0.1, 0.15) is 11.6 Å². The summed E-state index contributed by atoms with van der Waals surface area (Å²) in [6.45, 7) is 5.16. The van der Waals surface area contributed by atoms with Gasteiger partial charge in [0.25, 0.3) is 5.91 Å². The molecule has 24 heavy (non-hydrogen) atoms. The summed E-state index contributed by atoms with van der Waals surface area (Å²) in [7, 11) is 0. The van der Waals surface area contributed by atoms with Gasteiger partial charge in [0.15, 0.2) is 12.4 Å². The first-order valence-corrected chi connectivity index (χ1v) is 7.88. The third-order valence-corrected chi connectivity index (χ3v) is 3.74. The molecule has 0 spiro atoms. The Morgan fingerprint density at radius 3 is 2.58 bits per heavy atom. The minimum absolute atomic E-state index is 0.0154. The fraction of sp³-hybridized carbons (Fsp3) is 0.412. The molecule has 1 aliphatic rings. The van der Waals surface area contributed by atoms with Crippen LogP contribution in [-0.4, -0.2) is 45.9 Å². The van der Waals surface area contributed by atoms with E-state index in [9.17, 15) is 9.18 Å². The topological polar surface area (TPSA) is 56.6 Å². The van der Waals surface area contributed by atoms with Crippen molar-refractivity contribution in [3.63, 3.8) is 0 Å². The van der Waals surface area contributed by atoms with E-state index >= 15 is 0 Å². The predicted molar refractivity (Wildman–Crippen MR) is 85.2 cm³/mol.